The van der Waals surface area contributed by atoms with E-state index in [0.717, 1.165) is 24.3 Å². The maximum atomic E-state index is 10.8. The molecule has 0 bridgehead atoms. The van der Waals surface area contributed by atoms with E-state index in [1.165, 1.54) is 23.5 Å². The molecule has 1 saturated heterocycles. The van der Waals surface area contributed by atoms with Crippen LogP contribution >= 0.6 is 11.3 Å². The Kier molecular flexibility index (Phi) is 1.99. The van der Waals surface area contributed by atoms with Gasteiger partial charge in [0.2, 0.25) is 0 Å². The van der Waals surface area contributed by atoms with E-state index in [-0.39, 0.29) is 0 Å². The smallest absolute Gasteiger partial charge is 0.160 e. The van der Waals surface area contributed by atoms with E-state index < -0.39 is 0 Å². The minimum atomic E-state index is 0.664. The summed E-state index contributed by atoms with van der Waals surface area (Å²) < 4.78 is 0. The van der Waals surface area contributed by atoms with Gasteiger partial charge in [0.1, 0.15) is 5.00 Å². The molecule has 3 heterocycles. The number of nitrogens with zero attached hydrogens (tertiary/aromatic N) is 2. The number of hydrogen-bond donors (Lipinski definition) is 0. The monoisotopic (exact) mass is 222 g/mol. The number of carbonyl (C=O) groups is 1. The first-order valence-electron chi connectivity index (χ1n) is 5.36. The highest BCUT2D eigenvalue weighted by molar-refractivity contribution is 7.18. The first kappa shape index (κ1) is 9.21. The predicted molar refractivity (Wildman–Crippen MR) is 63.3 cm³/mol. The van der Waals surface area contributed by atoms with Crippen LogP contribution in [0.1, 0.15) is 22.5 Å². The maximum absolute atomic E-state index is 10.8. The van der Waals surface area contributed by atoms with Crippen LogP contribution in [0.2, 0.25) is 0 Å². The first-order valence-corrected chi connectivity index (χ1v) is 6.18. The summed E-state index contributed by atoms with van der Waals surface area (Å²) in [7, 11) is 2.12. The Balaban J connectivity index is 2.08. The van der Waals surface area contributed by atoms with Crippen LogP contribution in [0.25, 0.3) is 0 Å². The first-order chi connectivity index (χ1) is 7.29. The van der Waals surface area contributed by atoms with Gasteiger partial charge < -0.3 is 9.80 Å². The van der Waals surface area contributed by atoms with Gasteiger partial charge in [0, 0.05) is 26.2 Å². The lowest BCUT2D eigenvalue weighted by Gasteiger charge is -2.37. The van der Waals surface area contributed by atoms with Gasteiger partial charge in [-0.1, -0.05) is 0 Å². The largest absolute Gasteiger partial charge is 0.364 e. The normalized spacial score (nSPS) is 23.9. The fourth-order valence-electron chi connectivity index (χ4n) is 2.67. The fourth-order valence-corrected chi connectivity index (χ4v) is 3.62. The van der Waals surface area contributed by atoms with Crippen LogP contribution < -0.4 is 9.80 Å². The van der Waals surface area contributed by atoms with Gasteiger partial charge in [-0.3, -0.25) is 4.79 Å². The summed E-state index contributed by atoms with van der Waals surface area (Å²) in [5.41, 5.74) is 1.28. The van der Waals surface area contributed by atoms with Crippen molar-refractivity contribution in [1.82, 2.24) is 0 Å². The van der Waals surface area contributed by atoms with Crippen LogP contribution in [0.4, 0.5) is 10.7 Å². The molecule has 0 saturated carbocycles. The molecular weight excluding hydrogens is 208 g/mol. The number of hydrogen-bond acceptors (Lipinski definition) is 4. The number of likely N-dealkylation sites (N-methyl/N-ethyl adjacent to an activating group) is 1. The molecule has 15 heavy (non-hydrogen) atoms. The molecular formula is C11H14N2OS. The average molecular weight is 222 g/mol. The molecule has 0 amide bonds. The van der Waals surface area contributed by atoms with Gasteiger partial charge in [0.15, 0.2) is 6.29 Å². The van der Waals surface area contributed by atoms with Crippen molar-refractivity contribution in [3.05, 3.63) is 10.9 Å². The van der Waals surface area contributed by atoms with Gasteiger partial charge >= 0.3 is 0 Å². The SMILES string of the molecule is CN1C[C@@H]2CCCN2c2cc(C=O)sc21. The minimum absolute atomic E-state index is 0.664. The summed E-state index contributed by atoms with van der Waals surface area (Å²) in [4.78, 5) is 16.4. The topological polar surface area (TPSA) is 23.6 Å². The molecule has 0 spiro atoms. The lowest BCUT2D eigenvalue weighted by Crippen LogP contribution is -2.43. The van der Waals surface area contributed by atoms with E-state index in [2.05, 4.69) is 16.8 Å². The fraction of sp³-hybridized carbons (Fsp3) is 0.545. The molecule has 2 aliphatic rings. The summed E-state index contributed by atoms with van der Waals surface area (Å²) in [6, 6.07) is 2.71. The Bertz CT molecular complexity index is 401. The van der Waals surface area contributed by atoms with Crippen molar-refractivity contribution in [3.8, 4) is 0 Å². The van der Waals surface area contributed by atoms with Crippen molar-refractivity contribution in [2.45, 2.75) is 18.9 Å². The van der Waals surface area contributed by atoms with Gasteiger partial charge in [-0.15, -0.1) is 11.3 Å². The molecule has 0 unspecified atom stereocenters. The molecule has 0 N–H and O–H groups in total. The molecule has 80 valence electrons. The van der Waals surface area contributed by atoms with Crippen LogP contribution in [0.15, 0.2) is 6.07 Å². The molecule has 0 aromatic carbocycles. The zero-order valence-electron chi connectivity index (χ0n) is 8.77. The van der Waals surface area contributed by atoms with Gasteiger partial charge in [-0.25, -0.2) is 0 Å². The number of thiophene rings is 1. The Labute approximate surface area is 93.3 Å². The summed E-state index contributed by atoms with van der Waals surface area (Å²) in [5.74, 6) is 0. The highest BCUT2D eigenvalue weighted by Gasteiger charge is 2.33. The molecule has 2 aliphatic heterocycles. The van der Waals surface area contributed by atoms with Crippen LogP contribution in [-0.2, 0) is 0 Å². The van der Waals surface area contributed by atoms with Gasteiger partial charge in [-0.2, -0.15) is 0 Å². The molecule has 1 atom stereocenters. The van der Waals surface area contributed by atoms with E-state index in [1.54, 1.807) is 11.3 Å². The number of carbonyl (C=O) groups excluding carboxylic acids is 1. The Hall–Kier alpha value is -1.03. The number of aldehydes is 1. The van der Waals surface area contributed by atoms with Crippen molar-refractivity contribution in [2.75, 3.05) is 29.9 Å². The second kappa shape index (κ2) is 3.23. The standard InChI is InChI=1S/C11H14N2OS/c1-12-6-8-3-2-4-13(8)10-5-9(7-14)15-11(10)12/h5,7-8H,2-4,6H2,1H3/t8-/m0/s1. The lowest BCUT2D eigenvalue weighted by atomic mass is 10.1. The number of rotatable bonds is 1. The zero-order chi connectivity index (χ0) is 10.4. The summed E-state index contributed by atoms with van der Waals surface area (Å²) in [6.07, 6.45) is 3.53. The van der Waals surface area contributed by atoms with E-state index >= 15 is 0 Å². The van der Waals surface area contributed by atoms with E-state index in [9.17, 15) is 4.79 Å². The molecule has 0 radical (unpaired) electrons. The highest BCUT2D eigenvalue weighted by Crippen LogP contribution is 2.43. The van der Waals surface area contributed by atoms with Gasteiger partial charge in [0.05, 0.1) is 10.6 Å². The summed E-state index contributed by atoms with van der Waals surface area (Å²) in [6.45, 7) is 2.26. The third kappa shape index (κ3) is 1.28. The van der Waals surface area contributed by atoms with Crippen LogP contribution in [-0.4, -0.2) is 32.5 Å². The van der Waals surface area contributed by atoms with Crippen LogP contribution in [0.5, 0.6) is 0 Å². The summed E-state index contributed by atoms with van der Waals surface area (Å²) >= 11 is 1.61. The van der Waals surface area contributed by atoms with E-state index in [0.29, 0.717) is 6.04 Å². The second-order valence-corrected chi connectivity index (χ2v) is 5.39. The molecule has 1 fully saturated rings. The third-order valence-electron chi connectivity index (χ3n) is 3.35. The Morgan fingerprint density at radius 3 is 3.27 bits per heavy atom. The molecule has 1 aromatic heterocycles. The molecule has 0 aliphatic carbocycles. The van der Waals surface area contributed by atoms with Crippen molar-refractivity contribution in [1.29, 1.82) is 0 Å². The van der Waals surface area contributed by atoms with E-state index in [4.69, 9.17) is 0 Å². The predicted octanol–water partition coefficient (Wildman–Crippen LogP) is 1.98. The molecule has 1 aromatic rings. The van der Waals surface area contributed by atoms with Crippen molar-refractivity contribution in [2.24, 2.45) is 0 Å². The van der Waals surface area contributed by atoms with Gasteiger partial charge in [0.25, 0.3) is 0 Å². The van der Waals surface area contributed by atoms with E-state index in [1.807, 2.05) is 6.07 Å². The quantitative estimate of drug-likeness (QED) is 0.679. The molecule has 4 heteroatoms. The van der Waals surface area contributed by atoms with Gasteiger partial charge in [-0.05, 0) is 18.9 Å². The zero-order valence-corrected chi connectivity index (χ0v) is 9.59. The van der Waals surface area contributed by atoms with Crippen molar-refractivity contribution < 1.29 is 4.79 Å². The highest BCUT2D eigenvalue weighted by atomic mass is 32.1. The van der Waals surface area contributed by atoms with Crippen LogP contribution in [0.3, 0.4) is 0 Å². The van der Waals surface area contributed by atoms with Crippen molar-refractivity contribution in [3.63, 3.8) is 0 Å². The number of fused-ring (bicyclic) bond motifs is 3. The third-order valence-corrected chi connectivity index (χ3v) is 4.51. The summed E-state index contributed by atoms with van der Waals surface area (Å²) in [5, 5.41) is 1.26. The Morgan fingerprint density at radius 1 is 1.60 bits per heavy atom. The minimum Gasteiger partial charge on any atom is -0.364 e. The number of anilines is 2. The molecule has 3 rings (SSSR count). The maximum Gasteiger partial charge on any atom is 0.160 e. The second-order valence-electron chi connectivity index (χ2n) is 4.33. The van der Waals surface area contributed by atoms with Crippen LogP contribution in [0, 0.1) is 0 Å². The molecule has 3 nitrogen and oxygen atoms in total. The van der Waals surface area contributed by atoms with Crippen molar-refractivity contribution >= 4 is 28.3 Å². The lowest BCUT2D eigenvalue weighted by molar-refractivity contribution is 0.112. The average Bonchev–Trinajstić information content (AvgIpc) is 2.81. The Morgan fingerprint density at radius 2 is 2.47 bits per heavy atom.